The van der Waals surface area contributed by atoms with Gasteiger partial charge in [0.1, 0.15) is 0 Å². The van der Waals surface area contributed by atoms with Crippen LogP contribution in [0.4, 0.5) is 0 Å². The van der Waals surface area contributed by atoms with Crippen LogP contribution in [0.3, 0.4) is 0 Å². The lowest BCUT2D eigenvalue weighted by Gasteiger charge is -2.00. The van der Waals surface area contributed by atoms with Crippen LogP contribution >= 0.6 is 0 Å². The molecule has 0 saturated carbocycles. The molecule has 0 radical (unpaired) electrons. The average molecular weight is 258 g/mol. The zero-order valence-corrected chi connectivity index (χ0v) is 11.8. The fourth-order valence-electron chi connectivity index (χ4n) is 2.02. The molecule has 0 amide bonds. The van der Waals surface area contributed by atoms with Gasteiger partial charge < -0.3 is 9.73 Å². The first-order valence-electron chi connectivity index (χ1n) is 7.02. The van der Waals surface area contributed by atoms with Gasteiger partial charge in [0.05, 0.1) is 6.20 Å². The van der Waals surface area contributed by atoms with Crippen LogP contribution in [-0.4, -0.2) is 18.1 Å². The van der Waals surface area contributed by atoms with Crippen LogP contribution in [0.1, 0.15) is 31.2 Å². The Morgan fingerprint density at radius 3 is 2.95 bits per heavy atom. The molecule has 2 aromatic rings. The smallest absolute Gasteiger partial charge is 0.194 e. The molecule has 0 saturated heterocycles. The lowest BCUT2D eigenvalue weighted by molar-refractivity contribution is 0.491. The summed E-state index contributed by atoms with van der Waals surface area (Å²) >= 11 is 0. The lowest BCUT2D eigenvalue weighted by atomic mass is 10.1. The van der Waals surface area contributed by atoms with E-state index in [1.807, 2.05) is 12.3 Å². The van der Waals surface area contributed by atoms with Crippen molar-refractivity contribution in [3.63, 3.8) is 0 Å². The largest absolute Gasteiger partial charge is 0.441 e. The van der Waals surface area contributed by atoms with Crippen molar-refractivity contribution >= 4 is 0 Å². The number of benzene rings is 1. The van der Waals surface area contributed by atoms with Crippen LogP contribution in [0.5, 0.6) is 0 Å². The van der Waals surface area contributed by atoms with Crippen molar-refractivity contribution in [2.24, 2.45) is 0 Å². The standard InChI is InChI=1S/C16H22N2O/c1-3-9-17-10-5-8-16-18-12-15(19-16)14-7-4-6-13(2)11-14/h4,6-7,11-12,17H,3,5,8-10H2,1-2H3. The molecule has 0 atom stereocenters. The van der Waals surface area contributed by atoms with Gasteiger partial charge in [-0.1, -0.05) is 30.7 Å². The Hall–Kier alpha value is -1.61. The van der Waals surface area contributed by atoms with Crippen molar-refractivity contribution < 1.29 is 4.42 Å². The summed E-state index contributed by atoms with van der Waals surface area (Å²) in [6.45, 7) is 6.37. The van der Waals surface area contributed by atoms with Crippen molar-refractivity contribution in [1.82, 2.24) is 10.3 Å². The third-order valence-corrected chi connectivity index (χ3v) is 3.03. The summed E-state index contributed by atoms with van der Waals surface area (Å²) in [4.78, 5) is 4.35. The van der Waals surface area contributed by atoms with Gasteiger partial charge in [-0.05, 0) is 38.9 Å². The van der Waals surface area contributed by atoms with E-state index in [9.17, 15) is 0 Å². The molecule has 102 valence electrons. The van der Waals surface area contributed by atoms with Gasteiger partial charge in [-0.25, -0.2) is 4.98 Å². The first-order chi connectivity index (χ1) is 9.29. The quantitative estimate of drug-likeness (QED) is 0.771. The number of hydrogen-bond acceptors (Lipinski definition) is 3. The predicted molar refractivity (Wildman–Crippen MR) is 78.2 cm³/mol. The second-order valence-electron chi connectivity index (χ2n) is 4.84. The molecule has 1 aromatic carbocycles. The van der Waals surface area contributed by atoms with Gasteiger partial charge in [-0.2, -0.15) is 0 Å². The van der Waals surface area contributed by atoms with Crippen molar-refractivity contribution in [1.29, 1.82) is 0 Å². The number of nitrogens with one attached hydrogen (secondary N) is 1. The number of nitrogens with zero attached hydrogens (tertiary/aromatic N) is 1. The third-order valence-electron chi connectivity index (χ3n) is 3.03. The topological polar surface area (TPSA) is 38.1 Å². The first kappa shape index (κ1) is 13.8. The fraction of sp³-hybridized carbons (Fsp3) is 0.438. The minimum atomic E-state index is 0.829. The predicted octanol–water partition coefficient (Wildman–Crippen LogP) is 3.58. The number of oxazole rings is 1. The molecule has 0 aliphatic heterocycles. The third kappa shape index (κ3) is 4.21. The summed E-state index contributed by atoms with van der Waals surface area (Å²) in [6, 6.07) is 8.30. The zero-order chi connectivity index (χ0) is 13.5. The van der Waals surface area contributed by atoms with Gasteiger partial charge in [0, 0.05) is 12.0 Å². The van der Waals surface area contributed by atoms with Gasteiger partial charge in [0.2, 0.25) is 0 Å². The minimum absolute atomic E-state index is 0.829. The summed E-state index contributed by atoms with van der Waals surface area (Å²) in [5.41, 5.74) is 2.34. The van der Waals surface area contributed by atoms with E-state index >= 15 is 0 Å². The van der Waals surface area contributed by atoms with E-state index in [0.717, 1.165) is 43.1 Å². The van der Waals surface area contributed by atoms with Gasteiger partial charge in [0.15, 0.2) is 11.7 Å². The Morgan fingerprint density at radius 1 is 1.26 bits per heavy atom. The molecule has 0 spiro atoms. The second-order valence-corrected chi connectivity index (χ2v) is 4.84. The normalized spacial score (nSPS) is 10.8. The van der Waals surface area contributed by atoms with E-state index in [2.05, 4.69) is 42.3 Å². The lowest BCUT2D eigenvalue weighted by Crippen LogP contribution is -2.16. The van der Waals surface area contributed by atoms with E-state index in [1.54, 1.807) is 0 Å². The van der Waals surface area contributed by atoms with Crippen LogP contribution in [0.2, 0.25) is 0 Å². The Labute approximate surface area is 115 Å². The molecular weight excluding hydrogens is 236 g/mol. The number of aromatic nitrogens is 1. The monoisotopic (exact) mass is 258 g/mol. The second kappa shape index (κ2) is 7.10. The molecule has 2 rings (SSSR count). The molecule has 3 heteroatoms. The van der Waals surface area contributed by atoms with E-state index in [0.29, 0.717) is 0 Å². The molecule has 0 aliphatic rings. The Balaban J connectivity index is 1.88. The molecule has 3 nitrogen and oxygen atoms in total. The van der Waals surface area contributed by atoms with E-state index in [-0.39, 0.29) is 0 Å². The number of aryl methyl sites for hydroxylation is 2. The summed E-state index contributed by atoms with van der Waals surface area (Å²) < 4.78 is 5.79. The maximum Gasteiger partial charge on any atom is 0.194 e. The molecule has 19 heavy (non-hydrogen) atoms. The average Bonchev–Trinajstić information content (AvgIpc) is 2.87. The van der Waals surface area contributed by atoms with Gasteiger partial charge in [-0.15, -0.1) is 0 Å². The first-order valence-corrected chi connectivity index (χ1v) is 7.02. The Kier molecular flexibility index (Phi) is 5.16. The SMILES string of the molecule is CCCNCCCc1ncc(-c2cccc(C)c2)o1. The summed E-state index contributed by atoms with van der Waals surface area (Å²) in [6.07, 6.45) is 4.95. The van der Waals surface area contributed by atoms with E-state index in [1.165, 1.54) is 12.0 Å². The highest BCUT2D eigenvalue weighted by Gasteiger charge is 2.06. The van der Waals surface area contributed by atoms with Crippen LogP contribution in [0.15, 0.2) is 34.9 Å². The molecule has 0 unspecified atom stereocenters. The highest BCUT2D eigenvalue weighted by atomic mass is 16.4. The van der Waals surface area contributed by atoms with Crippen LogP contribution in [-0.2, 0) is 6.42 Å². The molecule has 1 N–H and O–H groups in total. The van der Waals surface area contributed by atoms with Gasteiger partial charge >= 0.3 is 0 Å². The van der Waals surface area contributed by atoms with Crippen LogP contribution in [0, 0.1) is 6.92 Å². The zero-order valence-electron chi connectivity index (χ0n) is 11.8. The van der Waals surface area contributed by atoms with E-state index < -0.39 is 0 Å². The maximum absolute atomic E-state index is 5.79. The van der Waals surface area contributed by atoms with E-state index in [4.69, 9.17) is 4.42 Å². The molecule has 1 heterocycles. The molecular formula is C16H22N2O. The Bertz CT molecular complexity index is 505. The molecule has 0 aliphatic carbocycles. The van der Waals surface area contributed by atoms with Crippen molar-refractivity contribution in [3.05, 3.63) is 41.9 Å². The number of rotatable bonds is 7. The van der Waals surface area contributed by atoms with Crippen molar-refractivity contribution in [2.75, 3.05) is 13.1 Å². The highest BCUT2D eigenvalue weighted by Crippen LogP contribution is 2.21. The molecule has 0 bridgehead atoms. The highest BCUT2D eigenvalue weighted by molar-refractivity contribution is 5.57. The molecule has 1 aromatic heterocycles. The van der Waals surface area contributed by atoms with Crippen LogP contribution < -0.4 is 5.32 Å². The summed E-state index contributed by atoms with van der Waals surface area (Å²) in [5.74, 6) is 1.69. The fourth-order valence-corrected chi connectivity index (χ4v) is 2.02. The minimum Gasteiger partial charge on any atom is -0.441 e. The van der Waals surface area contributed by atoms with Crippen LogP contribution in [0.25, 0.3) is 11.3 Å². The summed E-state index contributed by atoms with van der Waals surface area (Å²) in [7, 11) is 0. The summed E-state index contributed by atoms with van der Waals surface area (Å²) in [5, 5.41) is 3.38. The maximum atomic E-state index is 5.79. The van der Waals surface area contributed by atoms with Crippen molar-refractivity contribution in [3.8, 4) is 11.3 Å². The number of hydrogen-bond donors (Lipinski definition) is 1. The molecule has 0 fully saturated rings. The Morgan fingerprint density at radius 2 is 2.16 bits per heavy atom. The van der Waals surface area contributed by atoms with Gasteiger partial charge in [-0.3, -0.25) is 0 Å². The van der Waals surface area contributed by atoms with Gasteiger partial charge in [0.25, 0.3) is 0 Å². The van der Waals surface area contributed by atoms with Crippen molar-refractivity contribution in [2.45, 2.75) is 33.1 Å².